The number of carbonyl (C=O) groups excluding carboxylic acids is 1. The lowest BCUT2D eigenvalue weighted by molar-refractivity contribution is -0.934. The van der Waals surface area contributed by atoms with Gasteiger partial charge in [0.2, 0.25) is 6.17 Å². The number of non-ortho nitro benzene ring substituents is 1. The van der Waals surface area contributed by atoms with Crippen molar-refractivity contribution in [3.05, 3.63) is 39.9 Å². The second-order valence-electron chi connectivity index (χ2n) is 5.02. The minimum Gasteiger partial charge on any atom is -0.370 e. The quantitative estimate of drug-likeness (QED) is 0.460. The first kappa shape index (κ1) is 18.2. The number of alkyl halides is 3. The number of amides is 1. The Hall–Kier alpha value is -1.12. The fourth-order valence-electron chi connectivity index (χ4n) is 2.29. The molecule has 1 heterocycles. The molecule has 0 radical (unpaired) electrons. The molecule has 2 N–H and O–H groups in total. The molecule has 0 aliphatic carbocycles. The molecule has 23 heavy (non-hydrogen) atoms. The summed E-state index contributed by atoms with van der Waals surface area (Å²) in [4.78, 5) is 23.3. The number of carbonyl (C=O) groups is 1. The third kappa shape index (κ3) is 4.92. The average molecular weight is 384 g/mol. The Kier molecular flexibility index (Phi) is 6.05. The predicted molar refractivity (Wildman–Crippen MR) is 86.2 cm³/mol. The van der Waals surface area contributed by atoms with Gasteiger partial charge in [-0.1, -0.05) is 34.8 Å². The number of ether oxygens (including phenoxy) is 1. The Bertz CT molecular complexity index is 571. The fraction of sp³-hybridized carbons (Fsp3) is 0.462. The first-order chi connectivity index (χ1) is 10.8. The average Bonchev–Trinajstić information content (AvgIpc) is 2.52. The largest absolute Gasteiger partial charge is 0.370 e. The Morgan fingerprint density at radius 3 is 2.30 bits per heavy atom. The number of benzene rings is 1. The number of quaternary nitrogens is 1. The van der Waals surface area contributed by atoms with E-state index in [1.54, 1.807) is 0 Å². The lowest BCUT2D eigenvalue weighted by atomic mass is 10.2. The van der Waals surface area contributed by atoms with E-state index in [4.69, 9.17) is 39.5 Å². The molecule has 1 aliphatic rings. The minimum atomic E-state index is -1.69. The summed E-state index contributed by atoms with van der Waals surface area (Å²) in [5, 5.41) is 13.3. The van der Waals surface area contributed by atoms with Crippen LogP contribution in [0.15, 0.2) is 24.3 Å². The van der Waals surface area contributed by atoms with E-state index < -0.39 is 20.8 Å². The van der Waals surface area contributed by atoms with Crippen LogP contribution in [0.1, 0.15) is 10.4 Å². The number of nitro benzene ring substituents is 1. The maximum Gasteiger partial charge on any atom is 0.269 e. The van der Waals surface area contributed by atoms with Crippen molar-refractivity contribution in [1.29, 1.82) is 0 Å². The van der Waals surface area contributed by atoms with Crippen molar-refractivity contribution in [1.82, 2.24) is 5.32 Å². The highest BCUT2D eigenvalue weighted by Crippen LogP contribution is 2.28. The topological polar surface area (TPSA) is 85.9 Å². The summed E-state index contributed by atoms with van der Waals surface area (Å²) in [6, 6.07) is 5.22. The molecule has 0 aromatic heterocycles. The van der Waals surface area contributed by atoms with Crippen molar-refractivity contribution in [3.63, 3.8) is 0 Å². The molecule has 0 bridgehead atoms. The van der Waals surface area contributed by atoms with Gasteiger partial charge in [-0.15, -0.1) is 0 Å². The monoisotopic (exact) mass is 382 g/mol. The van der Waals surface area contributed by atoms with Crippen LogP contribution in [0.2, 0.25) is 0 Å². The van der Waals surface area contributed by atoms with E-state index in [1.165, 1.54) is 24.3 Å². The summed E-state index contributed by atoms with van der Waals surface area (Å²) in [5.41, 5.74) is 0.154. The van der Waals surface area contributed by atoms with E-state index in [2.05, 4.69) is 5.32 Å². The van der Waals surface area contributed by atoms with Gasteiger partial charge in [0.15, 0.2) is 0 Å². The second-order valence-corrected chi connectivity index (χ2v) is 7.39. The number of hydrogen-bond acceptors (Lipinski definition) is 4. The summed E-state index contributed by atoms with van der Waals surface area (Å²) in [5.74, 6) is -0.463. The molecule has 1 atom stereocenters. The molecule has 0 saturated carbocycles. The molecule has 1 amide bonds. The van der Waals surface area contributed by atoms with E-state index in [9.17, 15) is 14.9 Å². The number of nitrogens with one attached hydrogen (secondary N) is 2. The smallest absolute Gasteiger partial charge is 0.269 e. The first-order valence-corrected chi connectivity index (χ1v) is 7.97. The van der Waals surface area contributed by atoms with E-state index in [0.29, 0.717) is 26.3 Å². The van der Waals surface area contributed by atoms with Gasteiger partial charge in [0.1, 0.15) is 13.1 Å². The van der Waals surface area contributed by atoms with Crippen LogP contribution in [0.25, 0.3) is 0 Å². The molecule has 1 aliphatic heterocycles. The van der Waals surface area contributed by atoms with Gasteiger partial charge in [-0.3, -0.25) is 20.2 Å². The number of nitro groups is 1. The molecule has 0 spiro atoms. The molecule has 10 heteroatoms. The summed E-state index contributed by atoms with van der Waals surface area (Å²) in [6.45, 7) is 2.22. The van der Waals surface area contributed by atoms with Gasteiger partial charge >= 0.3 is 0 Å². The number of morpholine rings is 1. The maximum atomic E-state index is 12.3. The third-order valence-electron chi connectivity index (χ3n) is 3.49. The summed E-state index contributed by atoms with van der Waals surface area (Å²) in [7, 11) is 0. The van der Waals surface area contributed by atoms with Crippen LogP contribution in [-0.2, 0) is 4.74 Å². The van der Waals surface area contributed by atoms with Crippen molar-refractivity contribution < 1.29 is 19.4 Å². The third-order valence-corrected chi connectivity index (χ3v) is 4.14. The zero-order valence-corrected chi connectivity index (χ0v) is 14.2. The highest BCUT2D eigenvalue weighted by atomic mass is 35.6. The lowest BCUT2D eigenvalue weighted by Crippen LogP contribution is -3.21. The zero-order chi connectivity index (χ0) is 17.0. The van der Waals surface area contributed by atoms with Gasteiger partial charge < -0.3 is 9.64 Å². The molecule has 126 valence electrons. The molecular weight excluding hydrogens is 369 g/mol. The normalized spacial score (nSPS) is 17.5. The van der Waals surface area contributed by atoms with Crippen LogP contribution in [0.5, 0.6) is 0 Å². The van der Waals surface area contributed by atoms with E-state index >= 15 is 0 Å². The zero-order valence-electron chi connectivity index (χ0n) is 11.9. The number of halogens is 3. The Morgan fingerprint density at radius 1 is 1.26 bits per heavy atom. The fourth-order valence-corrected chi connectivity index (χ4v) is 2.91. The van der Waals surface area contributed by atoms with Crippen molar-refractivity contribution in [2.45, 2.75) is 9.96 Å². The molecule has 7 nitrogen and oxygen atoms in total. The predicted octanol–water partition coefficient (Wildman–Crippen LogP) is 0.936. The SMILES string of the molecule is O=C(NC([NH+]1CCOCC1)C(Cl)(Cl)Cl)c1ccc([N+](=O)[O-])cc1. The second kappa shape index (κ2) is 7.63. The highest BCUT2D eigenvalue weighted by Gasteiger charge is 2.42. The van der Waals surface area contributed by atoms with Gasteiger partial charge in [-0.25, -0.2) is 0 Å². The van der Waals surface area contributed by atoms with Crippen LogP contribution in [0.3, 0.4) is 0 Å². The van der Waals surface area contributed by atoms with Crippen LogP contribution < -0.4 is 10.2 Å². The van der Waals surface area contributed by atoms with Crippen molar-refractivity contribution >= 4 is 46.4 Å². The van der Waals surface area contributed by atoms with Crippen molar-refractivity contribution in [2.24, 2.45) is 0 Å². The molecular formula is C13H15Cl3N3O4+. The molecule has 1 aromatic rings. The molecule has 2 rings (SSSR count). The van der Waals surface area contributed by atoms with Crippen molar-refractivity contribution in [3.8, 4) is 0 Å². The molecule has 1 fully saturated rings. The van der Waals surface area contributed by atoms with Crippen LogP contribution in [-0.4, -0.2) is 47.1 Å². The highest BCUT2D eigenvalue weighted by molar-refractivity contribution is 6.68. The van der Waals surface area contributed by atoms with E-state index in [0.717, 1.165) is 4.90 Å². The number of nitrogens with zero attached hydrogens (tertiary/aromatic N) is 1. The molecule has 1 unspecified atom stereocenters. The van der Waals surface area contributed by atoms with Crippen LogP contribution in [0, 0.1) is 10.1 Å². The molecule has 1 saturated heterocycles. The van der Waals surface area contributed by atoms with Crippen LogP contribution in [0.4, 0.5) is 5.69 Å². The number of hydrogen-bond donors (Lipinski definition) is 2. The van der Waals surface area contributed by atoms with E-state index in [-0.39, 0.29) is 11.3 Å². The summed E-state index contributed by atoms with van der Waals surface area (Å²) in [6.07, 6.45) is -0.751. The van der Waals surface area contributed by atoms with Gasteiger partial charge in [-0.05, 0) is 12.1 Å². The van der Waals surface area contributed by atoms with Gasteiger partial charge in [0.25, 0.3) is 15.4 Å². The maximum absolute atomic E-state index is 12.3. The van der Waals surface area contributed by atoms with Gasteiger partial charge in [0, 0.05) is 17.7 Å². The first-order valence-electron chi connectivity index (χ1n) is 6.83. The molecule has 1 aromatic carbocycles. The van der Waals surface area contributed by atoms with Gasteiger partial charge in [-0.2, -0.15) is 0 Å². The minimum absolute atomic E-state index is 0.0988. The summed E-state index contributed by atoms with van der Waals surface area (Å²) < 4.78 is 3.57. The summed E-state index contributed by atoms with van der Waals surface area (Å²) >= 11 is 18.0. The van der Waals surface area contributed by atoms with Crippen LogP contribution >= 0.6 is 34.8 Å². The Labute approximate surface area is 147 Å². The van der Waals surface area contributed by atoms with Crippen molar-refractivity contribution in [2.75, 3.05) is 26.3 Å². The van der Waals surface area contributed by atoms with Gasteiger partial charge in [0.05, 0.1) is 18.1 Å². The van der Waals surface area contributed by atoms with E-state index in [1.807, 2.05) is 0 Å². The standard InChI is InChI=1S/C13H14Cl3N3O4/c14-13(15,16)12(18-5-7-23-8-6-18)17-11(20)9-1-3-10(4-2-9)19(21)22/h1-4,12H,5-8H2,(H,17,20)/p+1. The Morgan fingerprint density at radius 2 is 1.83 bits per heavy atom. The lowest BCUT2D eigenvalue weighted by Gasteiger charge is -2.35. The number of rotatable bonds is 4. The Balaban J connectivity index is 2.11.